The fraction of sp³-hybridized carbons (Fsp3) is 0.217. The Morgan fingerprint density at radius 2 is 1.83 bits per heavy atom. The number of pyridine rings is 1. The van der Waals surface area contributed by atoms with Gasteiger partial charge in [0.2, 0.25) is 0 Å². The lowest BCUT2D eigenvalue weighted by Crippen LogP contribution is -2.29. The second kappa shape index (κ2) is 6.95. The molecular formula is C23H21N7. The quantitative estimate of drug-likeness (QED) is 0.468. The number of benzene rings is 1. The molecule has 1 aliphatic heterocycles. The molecule has 0 unspecified atom stereocenters. The average molecular weight is 395 g/mol. The topological polar surface area (TPSA) is 86.4 Å². The average Bonchev–Trinajstić information content (AvgIpc) is 3.43. The fourth-order valence-corrected chi connectivity index (χ4v) is 4.34. The van der Waals surface area contributed by atoms with Crippen LogP contribution in [0.25, 0.3) is 44.7 Å². The fourth-order valence-electron chi connectivity index (χ4n) is 4.34. The molecule has 6 rings (SSSR count). The maximum atomic E-state index is 4.84. The van der Waals surface area contributed by atoms with Crippen LogP contribution in [0.2, 0.25) is 0 Å². The lowest BCUT2D eigenvalue weighted by atomic mass is 10.1. The number of hydrogen-bond acceptors (Lipinski definition) is 5. The number of piperidine rings is 1. The number of nitrogens with one attached hydrogen (secondary N) is 2. The van der Waals surface area contributed by atoms with Crippen molar-refractivity contribution in [3.8, 4) is 22.8 Å². The van der Waals surface area contributed by atoms with Gasteiger partial charge in [0.1, 0.15) is 16.9 Å². The first-order valence-electron chi connectivity index (χ1n) is 10.4. The lowest BCUT2D eigenvalue weighted by Gasteiger charge is -2.29. The van der Waals surface area contributed by atoms with Crippen LogP contribution >= 0.6 is 0 Å². The summed E-state index contributed by atoms with van der Waals surface area (Å²) in [6.07, 6.45) is 8.90. The zero-order valence-electron chi connectivity index (χ0n) is 16.5. The van der Waals surface area contributed by atoms with E-state index >= 15 is 0 Å². The summed E-state index contributed by atoms with van der Waals surface area (Å²) in [5, 5.41) is 8.91. The van der Waals surface area contributed by atoms with E-state index in [0.717, 1.165) is 52.4 Å². The number of aromatic amines is 2. The normalized spacial score (nSPS) is 14.6. The summed E-state index contributed by atoms with van der Waals surface area (Å²) in [7, 11) is 0. The van der Waals surface area contributed by atoms with Crippen LogP contribution in [0.1, 0.15) is 19.3 Å². The van der Waals surface area contributed by atoms with E-state index in [1.54, 1.807) is 18.6 Å². The van der Waals surface area contributed by atoms with Crippen LogP contribution in [-0.4, -0.2) is 43.2 Å². The molecule has 30 heavy (non-hydrogen) atoms. The molecule has 0 atom stereocenters. The van der Waals surface area contributed by atoms with Gasteiger partial charge in [-0.3, -0.25) is 15.1 Å². The second-order valence-electron chi connectivity index (χ2n) is 7.72. The van der Waals surface area contributed by atoms with Crippen LogP contribution < -0.4 is 4.90 Å². The number of nitrogens with zero attached hydrogens (tertiary/aromatic N) is 5. The van der Waals surface area contributed by atoms with Gasteiger partial charge in [-0.25, -0.2) is 4.98 Å². The largest absolute Gasteiger partial charge is 0.371 e. The standard InChI is InChI=1S/C23H21N7/c1-2-11-30(12-3-1)21-6-4-5-16-15(21)13-19(26-16)23-22-18(28-29-23)8-7-17(27-22)20-14-24-9-10-25-20/h4-10,13-14,26H,1-3,11-12H2,(H,28,29). The molecule has 7 heteroatoms. The smallest absolute Gasteiger partial charge is 0.135 e. The van der Waals surface area contributed by atoms with E-state index in [1.165, 1.54) is 30.3 Å². The monoisotopic (exact) mass is 395 g/mol. The van der Waals surface area contributed by atoms with Gasteiger partial charge in [-0.15, -0.1) is 0 Å². The molecule has 1 aliphatic rings. The van der Waals surface area contributed by atoms with Crippen LogP contribution in [0.15, 0.2) is 55.0 Å². The van der Waals surface area contributed by atoms with Crippen molar-refractivity contribution < 1.29 is 0 Å². The SMILES string of the molecule is c1cc(N2CCCCC2)c2cc(-c3n[nH]c4ccc(-c5cnccn5)nc34)[nH]c2c1. The highest BCUT2D eigenvalue weighted by molar-refractivity contribution is 5.99. The zero-order chi connectivity index (χ0) is 19.9. The molecule has 0 saturated carbocycles. The molecule has 1 saturated heterocycles. The summed E-state index contributed by atoms with van der Waals surface area (Å²) >= 11 is 0. The molecule has 0 amide bonds. The number of H-pyrrole nitrogens is 2. The Morgan fingerprint density at radius 3 is 2.70 bits per heavy atom. The molecule has 1 aromatic carbocycles. The number of hydrogen-bond donors (Lipinski definition) is 2. The first-order chi connectivity index (χ1) is 14.9. The molecule has 148 valence electrons. The Labute approximate surface area is 173 Å². The van der Waals surface area contributed by atoms with Crippen molar-refractivity contribution >= 4 is 27.6 Å². The molecule has 0 radical (unpaired) electrons. The summed E-state index contributed by atoms with van der Waals surface area (Å²) in [6.45, 7) is 2.24. The molecule has 5 heterocycles. The van der Waals surface area contributed by atoms with Crippen molar-refractivity contribution in [2.24, 2.45) is 0 Å². The van der Waals surface area contributed by atoms with Gasteiger partial charge in [0.05, 0.1) is 23.1 Å². The van der Waals surface area contributed by atoms with Gasteiger partial charge in [-0.05, 0) is 49.6 Å². The molecule has 0 bridgehead atoms. The molecule has 4 aromatic heterocycles. The summed E-state index contributed by atoms with van der Waals surface area (Å²) in [5.41, 5.74) is 7.44. The Kier molecular flexibility index (Phi) is 3.97. The van der Waals surface area contributed by atoms with E-state index in [4.69, 9.17) is 4.98 Å². The van der Waals surface area contributed by atoms with Gasteiger partial charge in [0, 0.05) is 42.1 Å². The third-order valence-corrected chi connectivity index (χ3v) is 5.83. The van der Waals surface area contributed by atoms with Crippen LogP contribution in [-0.2, 0) is 0 Å². The Morgan fingerprint density at radius 1 is 0.900 bits per heavy atom. The Bertz CT molecular complexity index is 1330. The first-order valence-corrected chi connectivity index (χ1v) is 10.4. The van der Waals surface area contributed by atoms with Crippen LogP contribution in [0.5, 0.6) is 0 Å². The van der Waals surface area contributed by atoms with Crippen molar-refractivity contribution in [3.63, 3.8) is 0 Å². The zero-order valence-corrected chi connectivity index (χ0v) is 16.5. The number of anilines is 1. The van der Waals surface area contributed by atoms with E-state index < -0.39 is 0 Å². The minimum absolute atomic E-state index is 0.746. The van der Waals surface area contributed by atoms with Crippen molar-refractivity contribution in [2.45, 2.75) is 19.3 Å². The summed E-state index contributed by atoms with van der Waals surface area (Å²) in [4.78, 5) is 19.4. The Hall–Kier alpha value is -3.74. The molecule has 1 fully saturated rings. The summed E-state index contributed by atoms with van der Waals surface area (Å²) in [6, 6.07) is 12.6. The van der Waals surface area contributed by atoms with Gasteiger partial charge < -0.3 is 9.88 Å². The third-order valence-electron chi connectivity index (χ3n) is 5.83. The molecule has 0 spiro atoms. The molecule has 0 aliphatic carbocycles. The lowest BCUT2D eigenvalue weighted by molar-refractivity contribution is 0.579. The van der Waals surface area contributed by atoms with E-state index in [0.29, 0.717) is 0 Å². The van der Waals surface area contributed by atoms with Crippen molar-refractivity contribution in [1.29, 1.82) is 0 Å². The highest BCUT2D eigenvalue weighted by Gasteiger charge is 2.18. The van der Waals surface area contributed by atoms with E-state index in [9.17, 15) is 0 Å². The number of rotatable bonds is 3. The predicted octanol–water partition coefficient (Wildman–Crippen LogP) is 4.55. The third kappa shape index (κ3) is 2.82. The highest BCUT2D eigenvalue weighted by atomic mass is 15.1. The first kappa shape index (κ1) is 17.1. The van der Waals surface area contributed by atoms with E-state index in [-0.39, 0.29) is 0 Å². The van der Waals surface area contributed by atoms with Gasteiger partial charge in [0.15, 0.2) is 0 Å². The second-order valence-corrected chi connectivity index (χ2v) is 7.72. The van der Waals surface area contributed by atoms with Crippen molar-refractivity contribution in [1.82, 2.24) is 30.1 Å². The number of aromatic nitrogens is 6. The van der Waals surface area contributed by atoms with Crippen LogP contribution in [0, 0.1) is 0 Å². The van der Waals surface area contributed by atoms with Crippen molar-refractivity contribution in [2.75, 3.05) is 18.0 Å². The summed E-state index contributed by atoms with van der Waals surface area (Å²) in [5.74, 6) is 0. The molecule has 5 aromatic rings. The minimum Gasteiger partial charge on any atom is -0.371 e. The van der Waals surface area contributed by atoms with Gasteiger partial charge in [-0.2, -0.15) is 5.10 Å². The Balaban J connectivity index is 1.47. The minimum atomic E-state index is 0.746. The van der Waals surface area contributed by atoms with Crippen molar-refractivity contribution in [3.05, 3.63) is 55.0 Å². The molecular weight excluding hydrogens is 374 g/mol. The van der Waals surface area contributed by atoms with E-state index in [1.807, 2.05) is 12.1 Å². The maximum absolute atomic E-state index is 4.84. The van der Waals surface area contributed by atoms with E-state index in [2.05, 4.69) is 54.3 Å². The highest BCUT2D eigenvalue weighted by Crippen LogP contribution is 2.34. The number of fused-ring (bicyclic) bond motifs is 2. The predicted molar refractivity (Wildman–Crippen MR) is 118 cm³/mol. The maximum Gasteiger partial charge on any atom is 0.135 e. The van der Waals surface area contributed by atoms with Crippen LogP contribution in [0.3, 0.4) is 0 Å². The van der Waals surface area contributed by atoms with Gasteiger partial charge in [0.25, 0.3) is 0 Å². The molecule has 2 N–H and O–H groups in total. The molecule has 7 nitrogen and oxygen atoms in total. The summed E-state index contributed by atoms with van der Waals surface area (Å²) < 4.78 is 0. The van der Waals surface area contributed by atoms with Gasteiger partial charge in [-0.1, -0.05) is 6.07 Å². The van der Waals surface area contributed by atoms with Crippen LogP contribution in [0.4, 0.5) is 5.69 Å². The van der Waals surface area contributed by atoms with Gasteiger partial charge >= 0.3 is 0 Å².